The molecule has 1 aromatic heterocycles. The molecule has 0 saturated heterocycles. The Morgan fingerprint density at radius 1 is 1.19 bits per heavy atom. The molecule has 0 aliphatic heterocycles. The van der Waals surface area contributed by atoms with Gasteiger partial charge in [0.25, 0.3) is 0 Å². The number of amides is 1. The lowest BCUT2D eigenvalue weighted by molar-refractivity contribution is -0.113. The summed E-state index contributed by atoms with van der Waals surface area (Å²) in [5.41, 5.74) is 2.64. The first kappa shape index (κ1) is 19.0. The minimum Gasteiger partial charge on any atom is -0.507 e. The zero-order valence-corrected chi connectivity index (χ0v) is 15.9. The Balaban J connectivity index is 1.51. The summed E-state index contributed by atoms with van der Waals surface area (Å²) >= 11 is 1.24. The quantitative estimate of drug-likeness (QED) is 0.507. The van der Waals surface area contributed by atoms with E-state index in [9.17, 15) is 9.90 Å². The minimum atomic E-state index is -0.116. The molecule has 0 aliphatic rings. The Morgan fingerprint density at radius 2 is 1.96 bits per heavy atom. The van der Waals surface area contributed by atoms with Gasteiger partial charge in [0, 0.05) is 5.69 Å². The summed E-state index contributed by atoms with van der Waals surface area (Å²) in [5, 5.41) is 20.1. The van der Waals surface area contributed by atoms with E-state index in [1.165, 1.54) is 30.2 Å². The summed E-state index contributed by atoms with van der Waals surface area (Å²) in [6.45, 7) is 2.17. The molecule has 0 radical (unpaired) electrons. The van der Waals surface area contributed by atoms with Gasteiger partial charge in [0.1, 0.15) is 5.75 Å². The van der Waals surface area contributed by atoms with Gasteiger partial charge < -0.3 is 10.4 Å². The van der Waals surface area contributed by atoms with E-state index in [4.69, 9.17) is 0 Å². The highest BCUT2D eigenvalue weighted by Crippen LogP contribution is 2.26. The van der Waals surface area contributed by atoms with Crippen molar-refractivity contribution in [2.24, 2.45) is 0 Å². The minimum absolute atomic E-state index is 0.116. The fourth-order valence-corrected chi connectivity index (χ4v) is 3.17. The zero-order valence-electron chi connectivity index (χ0n) is 15.1. The number of aromatic hydroxyl groups is 1. The van der Waals surface area contributed by atoms with Crippen molar-refractivity contribution in [2.75, 3.05) is 11.1 Å². The highest BCUT2D eigenvalue weighted by molar-refractivity contribution is 7.99. The number of para-hydroxylation sites is 1. The number of H-pyrrole nitrogens is 1. The van der Waals surface area contributed by atoms with Gasteiger partial charge in [0.05, 0.1) is 11.3 Å². The molecule has 3 rings (SSSR count). The number of hydrogen-bond donors (Lipinski definition) is 3. The number of aromatic amines is 1. The number of thioether (sulfide) groups is 1. The summed E-state index contributed by atoms with van der Waals surface area (Å²) in [6, 6.07) is 14.8. The third-order valence-electron chi connectivity index (χ3n) is 4.01. The van der Waals surface area contributed by atoms with Crippen LogP contribution in [0.5, 0.6) is 5.75 Å². The number of nitrogens with zero attached hydrogens (tertiary/aromatic N) is 2. The number of rotatable bonds is 8. The lowest BCUT2D eigenvalue weighted by atomic mass is 10.1. The van der Waals surface area contributed by atoms with Gasteiger partial charge in [-0.15, -0.1) is 5.10 Å². The van der Waals surface area contributed by atoms with Crippen molar-refractivity contribution in [3.8, 4) is 17.1 Å². The highest BCUT2D eigenvalue weighted by atomic mass is 32.2. The molecule has 0 saturated carbocycles. The van der Waals surface area contributed by atoms with Crippen LogP contribution in [0.15, 0.2) is 53.7 Å². The van der Waals surface area contributed by atoms with Gasteiger partial charge in [-0.05, 0) is 42.7 Å². The van der Waals surface area contributed by atoms with Gasteiger partial charge in [0.2, 0.25) is 11.1 Å². The number of nitrogens with one attached hydrogen (secondary N) is 2. The van der Waals surface area contributed by atoms with E-state index < -0.39 is 0 Å². The number of aryl methyl sites for hydroxylation is 1. The van der Waals surface area contributed by atoms with Crippen molar-refractivity contribution in [2.45, 2.75) is 31.3 Å². The summed E-state index contributed by atoms with van der Waals surface area (Å²) in [6.07, 6.45) is 3.40. The van der Waals surface area contributed by atoms with Crippen molar-refractivity contribution in [3.05, 3.63) is 54.1 Å². The second-order valence-electron chi connectivity index (χ2n) is 6.12. The van der Waals surface area contributed by atoms with Crippen LogP contribution in [-0.4, -0.2) is 31.9 Å². The largest absolute Gasteiger partial charge is 0.507 e. The number of unbranched alkanes of at least 4 members (excludes halogenated alkanes) is 1. The lowest BCUT2D eigenvalue weighted by Gasteiger charge is -2.05. The molecular weight excluding hydrogens is 360 g/mol. The smallest absolute Gasteiger partial charge is 0.234 e. The number of aromatic nitrogens is 3. The SMILES string of the molecule is CCCCc1ccc(NC(=O)CSc2n[nH]c(-c3ccccc3O)n2)cc1. The van der Waals surface area contributed by atoms with E-state index in [1.54, 1.807) is 18.2 Å². The van der Waals surface area contributed by atoms with Gasteiger partial charge in [-0.1, -0.05) is 49.4 Å². The van der Waals surface area contributed by atoms with Crippen LogP contribution in [0, 0.1) is 0 Å². The molecule has 7 heteroatoms. The molecule has 1 amide bonds. The molecule has 6 nitrogen and oxygen atoms in total. The van der Waals surface area contributed by atoms with Crippen LogP contribution >= 0.6 is 11.8 Å². The van der Waals surface area contributed by atoms with Gasteiger partial charge in [-0.3, -0.25) is 9.89 Å². The third kappa shape index (κ3) is 5.34. The van der Waals surface area contributed by atoms with E-state index in [0.29, 0.717) is 16.5 Å². The molecule has 0 spiro atoms. The topological polar surface area (TPSA) is 90.9 Å². The van der Waals surface area contributed by atoms with E-state index in [2.05, 4.69) is 27.4 Å². The standard InChI is InChI=1S/C20H22N4O2S/c1-2-3-6-14-9-11-15(12-10-14)21-18(26)13-27-20-22-19(23-24-20)16-7-4-5-8-17(16)25/h4-5,7-12,25H,2-3,6,13H2,1H3,(H,21,26)(H,22,23,24). The van der Waals surface area contributed by atoms with Crippen LogP contribution in [0.25, 0.3) is 11.4 Å². The first-order chi connectivity index (χ1) is 13.2. The molecule has 3 aromatic rings. The fraction of sp³-hybridized carbons (Fsp3) is 0.250. The summed E-state index contributed by atoms with van der Waals surface area (Å²) in [7, 11) is 0. The summed E-state index contributed by atoms with van der Waals surface area (Å²) in [5.74, 6) is 0.689. The Kier molecular flexibility index (Phi) is 6.49. The van der Waals surface area contributed by atoms with E-state index in [-0.39, 0.29) is 17.4 Å². The van der Waals surface area contributed by atoms with Crippen LogP contribution < -0.4 is 5.32 Å². The normalized spacial score (nSPS) is 10.7. The Hall–Kier alpha value is -2.80. The molecule has 0 fully saturated rings. The molecule has 3 N–H and O–H groups in total. The van der Waals surface area contributed by atoms with Gasteiger partial charge in [-0.25, -0.2) is 4.98 Å². The highest BCUT2D eigenvalue weighted by Gasteiger charge is 2.11. The number of phenols is 1. The maximum absolute atomic E-state index is 12.1. The molecule has 2 aromatic carbocycles. The Morgan fingerprint density at radius 3 is 2.70 bits per heavy atom. The lowest BCUT2D eigenvalue weighted by Crippen LogP contribution is -2.14. The van der Waals surface area contributed by atoms with E-state index in [0.717, 1.165) is 12.1 Å². The molecule has 0 aliphatic carbocycles. The van der Waals surface area contributed by atoms with E-state index in [1.807, 2.05) is 30.3 Å². The van der Waals surface area contributed by atoms with Crippen molar-refractivity contribution in [3.63, 3.8) is 0 Å². The van der Waals surface area contributed by atoms with Crippen LogP contribution in [-0.2, 0) is 11.2 Å². The average molecular weight is 382 g/mol. The zero-order chi connectivity index (χ0) is 19.1. The predicted molar refractivity (Wildman–Crippen MR) is 108 cm³/mol. The number of carbonyl (C=O) groups is 1. The summed E-state index contributed by atoms with van der Waals surface area (Å²) < 4.78 is 0. The van der Waals surface area contributed by atoms with Crippen LogP contribution in [0.3, 0.4) is 0 Å². The Bertz CT molecular complexity index is 893. The van der Waals surface area contributed by atoms with Crippen molar-refractivity contribution < 1.29 is 9.90 Å². The predicted octanol–water partition coefficient (Wildman–Crippen LogP) is 4.25. The first-order valence-corrected chi connectivity index (χ1v) is 9.86. The van der Waals surface area contributed by atoms with Gasteiger partial charge in [0.15, 0.2) is 5.82 Å². The van der Waals surface area contributed by atoms with Crippen LogP contribution in [0.2, 0.25) is 0 Å². The van der Waals surface area contributed by atoms with Crippen molar-refractivity contribution in [1.82, 2.24) is 15.2 Å². The molecule has 27 heavy (non-hydrogen) atoms. The number of carbonyl (C=O) groups excluding carboxylic acids is 1. The number of phenolic OH excluding ortho intramolecular Hbond substituents is 1. The maximum Gasteiger partial charge on any atom is 0.234 e. The van der Waals surface area contributed by atoms with Crippen LogP contribution in [0.4, 0.5) is 5.69 Å². The molecule has 0 bridgehead atoms. The molecule has 0 atom stereocenters. The number of benzene rings is 2. The maximum atomic E-state index is 12.1. The second kappa shape index (κ2) is 9.23. The first-order valence-electron chi connectivity index (χ1n) is 8.88. The van der Waals surface area contributed by atoms with Gasteiger partial charge in [-0.2, -0.15) is 0 Å². The average Bonchev–Trinajstić information content (AvgIpc) is 3.15. The third-order valence-corrected chi connectivity index (χ3v) is 4.86. The summed E-state index contributed by atoms with van der Waals surface area (Å²) in [4.78, 5) is 16.5. The van der Waals surface area contributed by atoms with Crippen molar-refractivity contribution in [1.29, 1.82) is 0 Å². The molecule has 1 heterocycles. The molecular formula is C20H22N4O2S. The molecule has 0 unspecified atom stereocenters. The Labute approximate surface area is 162 Å². The van der Waals surface area contributed by atoms with E-state index >= 15 is 0 Å². The van der Waals surface area contributed by atoms with Crippen LogP contribution in [0.1, 0.15) is 25.3 Å². The number of anilines is 1. The van der Waals surface area contributed by atoms with Gasteiger partial charge >= 0.3 is 0 Å². The number of hydrogen-bond acceptors (Lipinski definition) is 5. The monoisotopic (exact) mass is 382 g/mol. The fourth-order valence-electron chi connectivity index (χ4n) is 2.57. The molecule has 140 valence electrons. The second-order valence-corrected chi connectivity index (χ2v) is 7.06. The van der Waals surface area contributed by atoms with Crippen molar-refractivity contribution >= 4 is 23.4 Å².